The Labute approximate surface area is 232 Å². The van der Waals surface area contributed by atoms with Crippen LogP contribution in [-0.2, 0) is 6.42 Å². The van der Waals surface area contributed by atoms with Gasteiger partial charge in [0.1, 0.15) is 47.5 Å². The average molecular weight is 552 g/mol. The molecule has 1 N–H and O–H groups in total. The Morgan fingerprint density at radius 3 is 2.92 bits per heavy atom. The number of phenols is 1. The van der Waals surface area contributed by atoms with Gasteiger partial charge in [0, 0.05) is 25.1 Å². The molecule has 8 nitrogen and oxygen atoms in total. The lowest BCUT2D eigenvalue weighted by Gasteiger charge is -2.31. The van der Waals surface area contributed by atoms with Gasteiger partial charge >= 0.3 is 6.01 Å². The topological polar surface area (TPSA) is 83.8 Å². The number of pyridine rings is 1. The van der Waals surface area contributed by atoms with Gasteiger partial charge in [0.2, 0.25) is 5.88 Å². The van der Waals surface area contributed by atoms with E-state index in [1.165, 1.54) is 6.07 Å². The molecule has 0 unspecified atom stereocenters. The second kappa shape index (κ2) is 9.98. The van der Waals surface area contributed by atoms with Crippen molar-refractivity contribution in [3.05, 3.63) is 29.6 Å². The van der Waals surface area contributed by atoms with Gasteiger partial charge in [-0.1, -0.05) is 25.8 Å². The summed E-state index contributed by atoms with van der Waals surface area (Å²) in [4.78, 5) is 18.5. The number of hydrogen-bond donors (Lipinski definition) is 1. The second-order valence-corrected chi connectivity index (χ2v) is 11.7. The van der Waals surface area contributed by atoms with Gasteiger partial charge in [0.05, 0.1) is 11.6 Å². The minimum atomic E-state index is -0.871. The number of phenolic OH excluding ortho intramolecular Hbond substituents is 1. The fourth-order valence-electron chi connectivity index (χ4n) is 7.20. The Morgan fingerprint density at radius 2 is 2.05 bits per heavy atom. The summed E-state index contributed by atoms with van der Waals surface area (Å²) < 4.78 is 43.4. The van der Waals surface area contributed by atoms with Gasteiger partial charge in [-0.25, -0.2) is 13.8 Å². The lowest BCUT2D eigenvalue weighted by Crippen LogP contribution is -2.43. The Bertz CT molecular complexity index is 1450. The number of aromatic nitrogens is 3. The van der Waals surface area contributed by atoms with Crippen molar-refractivity contribution >= 4 is 16.7 Å². The third kappa shape index (κ3) is 4.22. The van der Waals surface area contributed by atoms with Crippen LogP contribution in [0.3, 0.4) is 0 Å². The molecule has 3 aromatic rings. The average Bonchev–Trinajstić information content (AvgIpc) is 3.30. The fraction of sp³-hybridized carbons (Fsp3) is 0.567. The Balaban J connectivity index is 1.38. The van der Waals surface area contributed by atoms with Crippen LogP contribution in [0.4, 0.5) is 14.6 Å². The van der Waals surface area contributed by atoms with E-state index in [2.05, 4.69) is 19.8 Å². The zero-order valence-corrected chi connectivity index (χ0v) is 22.8. The number of nitrogens with zero attached hydrogens (tertiary/aromatic N) is 5. The summed E-state index contributed by atoms with van der Waals surface area (Å²) in [5, 5.41) is 10.7. The van der Waals surface area contributed by atoms with Gasteiger partial charge < -0.3 is 19.5 Å². The summed E-state index contributed by atoms with van der Waals surface area (Å²) in [6.07, 6.45) is 6.19. The summed E-state index contributed by atoms with van der Waals surface area (Å²) in [6, 6.07) is 5.08. The molecule has 2 aromatic heterocycles. The molecular formula is C30H35F2N5O3. The van der Waals surface area contributed by atoms with E-state index in [-0.39, 0.29) is 41.2 Å². The van der Waals surface area contributed by atoms with Crippen molar-refractivity contribution in [2.24, 2.45) is 0 Å². The maximum atomic E-state index is 16.5. The predicted molar refractivity (Wildman–Crippen MR) is 147 cm³/mol. The van der Waals surface area contributed by atoms with Crippen molar-refractivity contribution in [2.75, 3.05) is 37.7 Å². The highest BCUT2D eigenvalue weighted by Crippen LogP contribution is 2.44. The van der Waals surface area contributed by atoms with Crippen molar-refractivity contribution in [1.82, 2.24) is 19.9 Å². The number of benzene rings is 1. The highest BCUT2D eigenvalue weighted by atomic mass is 19.1. The molecular weight excluding hydrogens is 516 g/mol. The maximum Gasteiger partial charge on any atom is 0.319 e. The van der Waals surface area contributed by atoms with Crippen LogP contribution < -0.4 is 14.4 Å². The van der Waals surface area contributed by atoms with Gasteiger partial charge in [-0.2, -0.15) is 9.97 Å². The van der Waals surface area contributed by atoms with E-state index < -0.39 is 12.0 Å². The Kier molecular flexibility index (Phi) is 6.40. The molecule has 3 fully saturated rings. The minimum Gasteiger partial charge on any atom is -0.508 e. The SMILES string of the molecule is CCc1ccc(O)cc1-c1nc2c3c(nc(OC[C@@]45CCCN4C[C@H](F)C5)nc3c1F)N1CCCCC[C@H]1CO2. The van der Waals surface area contributed by atoms with E-state index >= 15 is 4.39 Å². The van der Waals surface area contributed by atoms with Crippen molar-refractivity contribution < 1.29 is 23.4 Å². The van der Waals surface area contributed by atoms with E-state index in [0.717, 1.165) is 57.2 Å². The molecule has 212 valence electrons. The van der Waals surface area contributed by atoms with Crippen LogP contribution in [0.5, 0.6) is 17.6 Å². The number of alkyl halides is 1. The smallest absolute Gasteiger partial charge is 0.319 e. The molecule has 0 saturated carbocycles. The van der Waals surface area contributed by atoms with Gasteiger partial charge in [0.15, 0.2) is 5.82 Å². The summed E-state index contributed by atoms with van der Waals surface area (Å²) in [5.41, 5.74) is 1.16. The molecule has 0 bridgehead atoms. The highest BCUT2D eigenvalue weighted by molar-refractivity contribution is 5.97. The van der Waals surface area contributed by atoms with Crippen molar-refractivity contribution in [3.8, 4) is 28.9 Å². The van der Waals surface area contributed by atoms with Crippen LogP contribution in [0.15, 0.2) is 18.2 Å². The van der Waals surface area contributed by atoms with Crippen LogP contribution in [0, 0.1) is 5.82 Å². The van der Waals surface area contributed by atoms with E-state index in [0.29, 0.717) is 48.6 Å². The molecule has 3 saturated heterocycles. The van der Waals surface area contributed by atoms with E-state index in [1.807, 2.05) is 6.92 Å². The summed E-state index contributed by atoms with van der Waals surface area (Å²) >= 11 is 0. The first-order valence-corrected chi connectivity index (χ1v) is 14.6. The molecule has 0 aliphatic carbocycles. The zero-order chi connectivity index (χ0) is 27.4. The minimum absolute atomic E-state index is 0.0316. The number of aryl methyl sites for hydroxylation is 1. The third-order valence-corrected chi connectivity index (χ3v) is 9.23. The monoisotopic (exact) mass is 551 g/mol. The van der Waals surface area contributed by atoms with Crippen LogP contribution in [0.25, 0.3) is 22.2 Å². The molecule has 4 aliphatic heterocycles. The van der Waals surface area contributed by atoms with E-state index in [1.54, 1.807) is 12.1 Å². The molecule has 3 atom stereocenters. The largest absolute Gasteiger partial charge is 0.508 e. The first-order chi connectivity index (χ1) is 19.5. The predicted octanol–water partition coefficient (Wildman–Crippen LogP) is 5.20. The molecule has 6 heterocycles. The van der Waals surface area contributed by atoms with Gasteiger partial charge in [0.25, 0.3) is 0 Å². The molecule has 0 radical (unpaired) electrons. The molecule has 40 heavy (non-hydrogen) atoms. The van der Waals surface area contributed by atoms with Gasteiger partial charge in [-0.3, -0.25) is 4.90 Å². The first-order valence-electron chi connectivity index (χ1n) is 14.6. The summed E-state index contributed by atoms with van der Waals surface area (Å²) in [6.45, 7) is 4.71. The van der Waals surface area contributed by atoms with Crippen LogP contribution in [-0.4, -0.2) is 75.6 Å². The van der Waals surface area contributed by atoms with Gasteiger partial charge in [-0.15, -0.1) is 0 Å². The Hall–Kier alpha value is -3.27. The maximum absolute atomic E-state index is 16.5. The van der Waals surface area contributed by atoms with Crippen LogP contribution in [0.2, 0.25) is 0 Å². The molecule has 7 rings (SSSR count). The first kappa shape index (κ1) is 25.7. The summed E-state index contributed by atoms with van der Waals surface area (Å²) in [7, 11) is 0. The third-order valence-electron chi connectivity index (χ3n) is 9.23. The molecule has 4 aliphatic rings. The van der Waals surface area contributed by atoms with Crippen LogP contribution >= 0.6 is 0 Å². The lowest BCUT2D eigenvalue weighted by atomic mass is 9.95. The van der Waals surface area contributed by atoms with Crippen LogP contribution in [0.1, 0.15) is 57.4 Å². The standard InChI is InChI=1S/C30H35F2N5O3/c1-2-18-8-9-21(38)13-22(18)25-24(32)26-23-27(37-12-5-3-4-7-20(37)16-39-28(23)33-25)35-29(34-26)40-17-30-10-6-11-36(30)15-19(31)14-30/h8-9,13,19-20,38H,2-7,10-12,14-17H2,1H3/t19-,20+,30+/m1/s1. The zero-order valence-electron chi connectivity index (χ0n) is 22.8. The fourth-order valence-corrected chi connectivity index (χ4v) is 7.20. The number of halogens is 2. The number of ether oxygens (including phenoxy) is 2. The Morgan fingerprint density at radius 1 is 1.15 bits per heavy atom. The number of anilines is 1. The van der Waals surface area contributed by atoms with Crippen molar-refractivity contribution in [2.45, 2.75) is 76.0 Å². The normalized spacial score (nSPS) is 26.2. The van der Waals surface area contributed by atoms with Gasteiger partial charge in [-0.05, 0) is 56.3 Å². The highest BCUT2D eigenvalue weighted by Gasteiger charge is 2.49. The molecule has 10 heteroatoms. The molecule has 1 aromatic carbocycles. The number of aromatic hydroxyl groups is 1. The molecule has 0 spiro atoms. The second-order valence-electron chi connectivity index (χ2n) is 11.7. The number of fused-ring (bicyclic) bond motifs is 3. The van der Waals surface area contributed by atoms with Crippen molar-refractivity contribution in [3.63, 3.8) is 0 Å². The quantitative estimate of drug-likeness (QED) is 0.464. The summed E-state index contributed by atoms with van der Waals surface area (Å²) in [5.74, 6) is 0.307. The molecule has 0 amide bonds. The number of rotatable bonds is 5. The lowest BCUT2D eigenvalue weighted by molar-refractivity contribution is 0.107. The van der Waals surface area contributed by atoms with E-state index in [4.69, 9.17) is 14.5 Å². The van der Waals surface area contributed by atoms with Crippen molar-refractivity contribution in [1.29, 1.82) is 0 Å². The number of hydrogen-bond acceptors (Lipinski definition) is 8. The van der Waals surface area contributed by atoms with E-state index in [9.17, 15) is 9.50 Å².